The first kappa shape index (κ1) is 20.8. The lowest BCUT2D eigenvalue weighted by Crippen LogP contribution is -2.59. The molecule has 6 rings (SSSR count). The van der Waals surface area contributed by atoms with Crippen LogP contribution in [-0.4, -0.2) is 71.8 Å². The lowest BCUT2D eigenvalue weighted by atomic mass is 9.60. The Kier molecular flexibility index (Phi) is 5.25. The maximum atomic E-state index is 13.5. The monoisotopic (exact) mass is 424 g/mol. The van der Waals surface area contributed by atoms with Gasteiger partial charge in [0.25, 0.3) is 0 Å². The number of likely N-dealkylation sites (N-methyl/N-ethyl adjacent to an activating group) is 1. The SMILES string of the molecule is CC[C@@H]1C2[C@H]3C[C@@H](CN2CCc2c3n(C(=O)NCCN(C)C)c3ccc(O)cc23)[C@@H]1C. The van der Waals surface area contributed by atoms with Crippen LogP contribution in [0.25, 0.3) is 10.9 Å². The van der Waals surface area contributed by atoms with E-state index in [4.69, 9.17) is 0 Å². The third-order valence-electron chi connectivity index (χ3n) is 8.32. The second-order valence-corrected chi connectivity index (χ2v) is 10.2. The molecule has 1 aromatic carbocycles. The zero-order valence-electron chi connectivity index (χ0n) is 19.3. The number of rotatable bonds is 4. The largest absolute Gasteiger partial charge is 0.508 e. The lowest BCUT2D eigenvalue weighted by Gasteiger charge is -2.56. The van der Waals surface area contributed by atoms with Gasteiger partial charge in [0.05, 0.1) is 5.52 Å². The van der Waals surface area contributed by atoms with Gasteiger partial charge >= 0.3 is 6.03 Å². The predicted octanol–water partition coefficient (Wildman–Crippen LogP) is 3.47. The fourth-order valence-corrected chi connectivity index (χ4v) is 6.91. The quantitative estimate of drug-likeness (QED) is 0.789. The smallest absolute Gasteiger partial charge is 0.326 e. The molecule has 6 heteroatoms. The number of hydrogen-bond acceptors (Lipinski definition) is 4. The van der Waals surface area contributed by atoms with Gasteiger partial charge in [0.2, 0.25) is 0 Å². The van der Waals surface area contributed by atoms with Gasteiger partial charge in [-0.15, -0.1) is 0 Å². The number of carbonyl (C=O) groups excluding carboxylic acids is 1. The summed E-state index contributed by atoms with van der Waals surface area (Å²) < 4.78 is 1.96. The van der Waals surface area contributed by atoms with E-state index in [2.05, 4.69) is 29.0 Å². The summed E-state index contributed by atoms with van der Waals surface area (Å²) in [6, 6.07) is 5.97. The van der Waals surface area contributed by atoms with Crippen molar-refractivity contribution in [3.63, 3.8) is 0 Å². The standard InChI is InChI=1S/C25H36N4O2/c1-5-18-15(2)16-12-21-23(18)28(14-16)10-8-19-20-13-17(30)6-7-22(20)29(24(19)21)25(31)26-9-11-27(3)4/h6-7,13,15-16,18,21,23,30H,5,8-12,14H2,1-4H3,(H,26,31)/t15-,16-,18-,21+,23?/m0/s1. The summed E-state index contributed by atoms with van der Waals surface area (Å²) in [4.78, 5) is 18.3. The van der Waals surface area contributed by atoms with Gasteiger partial charge in [-0.05, 0) is 68.5 Å². The summed E-state index contributed by atoms with van der Waals surface area (Å²) >= 11 is 0. The molecule has 4 heterocycles. The van der Waals surface area contributed by atoms with Crippen LogP contribution in [-0.2, 0) is 6.42 Å². The number of carbonyl (C=O) groups is 1. The number of phenols is 1. The molecule has 2 unspecified atom stereocenters. The highest BCUT2D eigenvalue weighted by Crippen LogP contribution is 2.54. The average molecular weight is 425 g/mol. The molecule has 1 amide bonds. The molecule has 1 saturated carbocycles. The summed E-state index contributed by atoms with van der Waals surface area (Å²) in [5, 5.41) is 14.4. The first-order valence-corrected chi connectivity index (χ1v) is 11.9. The van der Waals surface area contributed by atoms with E-state index >= 15 is 0 Å². The molecule has 6 nitrogen and oxygen atoms in total. The minimum Gasteiger partial charge on any atom is -0.508 e. The van der Waals surface area contributed by atoms with Crippen molar-refractivity contribution in [1.82, 2.24) is 19.7 Å². The van der Waals surface area contributed by atoms with Crippen molar-refractivity contribution >= 4 is 16.9 Å². The van der Waals surface area contributed by atoms with Crippen LogP contribution in [0, 0.1) is 17.8 Å². The van der Waals surface area contributed by atoms with Crippen molar-refractivity contribution in [2.45, 2.75) is 45.1 Å². The first-order chi connectivity index (χ1) is 14.9. The van der Waals surface area contributed by atoms with Gasteiger partial charge in [-0.2, -0.15) is 0 Å². The van der Waals surface area contributed by atoms with Crippen LogP contribution in [0.2, 0.25) is 0 Å². The van der Waals surface area contributed by atoms with Crippen LogP contribution < -0.4 is 5.32 Å². The van der Waals surface area contributed by atoms with Crippen LogP contribution in [0.15, 0.2) is 18.2 Å². The Balaban J connectivity index is 1.64. The molecule has 3 fully saturated rings. The van der Waals surface area contributed by atoms with Gasteiger partial charge in [-0.25, -0.2) is 4.79 Å². The molecule has 2 aromatic rings. The molecule has 1 aliphatic carbocycles. The molecule has 0 spiro atoms. The predicted molar refractivity (Wildman–Crippen MR) is 124 cm³/mol. The summed E-state index contributed by atoms with van der Waals surface area (Å²) in [5.74, 6) is 2.78. The molecule has 2 N–H and O–H groups in total. The molecule has 3 aliphatic heterocycles. The molecule has 31 heavy (non-hydrogen) atoms. The van der Waals surface area contributed by atoms with Crippen molar-refractivity contribution in [3.8, 4) is 5.75 Å². The van der Waals surface area contributed by atoms with Crippen molar-refractivity contribution in [3.05, 3.63) is 29.5 Å². The molecule has 1 aromatic heterocycles. The van der Waals surface area contributed by atoms with Crippen molar-refractivity contribution < 1.29 is 9.90 Å². The maximum Gasteiger partial charge on any atom is 0.326 e. The summed E-state index contributed by atoms with van der Waals surface area (Å²) in [6.07, 6.45) is 3.30. The Morgan fingerprint density at radius 3 is 2.87 bits per heavy atom. The summed E-state index contributed by atoms with van der Waals surface area (Å²) in [6.45, 7) is 8.45. The van der Waals surface area contributed by atoms with E-state index in [0.717, 1.165) is 36.3 Å². The molecular formula is C25H36N4O2. The fraction of sp³-hybridized carbons (Fsp3) is 0.640. The van der Waals surface area contributed by atoms with Crippen molar-refractivity contribution in [2.24, 2.45) is 17.8 Å². The minimum absolute atomic E-state index is 0.0326. The number of piperidine rings is 2. The zero-order chi connectivity index (χ0) is 21.9. The minimum atomic E-state index is -0.0326. The number of amides is 1. The summed E-state index contributed by atoms with van der Waals surface area (Å²) in [7, 11) is 4.04. The van der Waals surface area contributed by atoms with Crippen LogP contribution in [0.4, 0.5) is 4.79 Å². The molecule has 2 saturated heterocycles. The van der Waals surface area contributed by atoms with E-state index in [1.165, 1.54) is 30.6 Å². The number of benzene rings is 1. The van der Waals surface area contributed by atoms with Gasteiger partial charge in [-0.1, -0.05) is 20.3 Å². The third-order valence-corrected chi connectivity index (χ3v) is 8.32. The van der Waals surface area contributed by atoms with Gasteiger partial charge in [0, 0.05) is 49.2 Å². The molecule has 4 bridgehead atoms. The first-order valence-electron chi connectivity index (χ1n) is 11.9. The highest BCUT2D eigenvalue weighted by molar-refractivity contribution is 5.96. The van der Waals surface area contributed by atoms with Crippen LogP contribution in [0.1, 0.15) is 43.9 Å². The average Bonchev–Trinajstić information content (AvgIpc) is 3.00. The number of nitrogens with one attached hydrogen (secondary N) is 1. The van der Waals surface area contributed by atoms with E-state index < -0.39 is 0 Å². The number of aromatic hydroxyl groups is 1. The van der Waals surface area contributed by atoms with Gasteiger partial charge in [0.15, 0.2) is 0 Å². The Morgan fingerprint density at radius 1 is 1.32 bits per heavy atom. The molecular weight excluding hydrogens is 388 g/mol. The summed E-state index contributed by atoms with van der Waals surface area (Å²) in [5.41, 5.74) is 3.42. The van der Waals surface area contributed by atoms with E-state index in [-0.39, 0.29) is 11.8 Å². The fourth-order valence-electron chi connectivity index (χ4n) is 6.91. The third kappa shape index (κ3) is 3.26. The molecule has 168 valence electrons. The molecule has 0 radical (unpaired) electrons. The second-order valence-electron chi connectivity index (χ2n) is 10.2. The molecule has 6 atom stereocenters. The van der Waals surface area contributed by atoms with Crippen LogP contribution in [0.5, 0.6) is 5.75 Å². The van der Waals surface area contributed by atoms with E-state index in [0.29, 0.717) is 30.3 Å². The highest BCUT2D eigenvalue weighted by Gasteiger charge is 2.52. The Hall–Kier alpha value is -2.05. The number of aromatic nitrogens is 1. The van der Waals surface area contributed by atoms with E-state index in [1.807, 2.05) is 30.8 Å². The Bertz CT molecular complexity index is 997. The van der Waals surface area contributed by atoms with Gasteiger partial charge in [-0.3, -0.25) is 9.47 Å². The number of hydrogen-bond donors (Lipinski definition) is 2. The lowest BCUT2D eigenvalue weighted by molar-refractivity contribution is -0.0543. The zero-order valence-corrected chi connectivity index (χ0v) is 19.3. The van der Waals surface area contributed by atoms with Crippen LogP contribution >= 0.6 is 0 Å². The normalized spacial score (nSPS) is 31.6. The number of fused-ring (bicyclic) bond motifs is 4. The Labute approximate surface area is 185 Å². The van der Waals surface area contributed by atoms with Crippen molar-refractivity contribution in [1.29, 1.82) is 0 Å². The number of phenolic OH excluding ortho intramolecular Hbond substituents is 1. The second kappa shape index (κ2) is 7.82. The van der Waals surface area contributed by atoms with Gasteiger partial charge < -0.3 is 15.3 Å². The maximum absolute atomic E-state index is 13.5. The molecule has 4 aliphatic rings. The van der Waals surface area contributed by atoms with Gasteiger partial charge in [0.1, 0.15) is 5.75 Å². The van der Waals surface area contributed by atoms with E-state index in [1.54, 1.807) is 6.07 Å². The van der Waals surface area contributed by atoms with Crippen molar-refractivity contribution in [2.75, 3.05) is 40.3 Å². The Morgan fingerprint density at radius 2 is 2.13 bits per heavy atom. The highest BCUT2D eigenvalue weighted by atomic mass is 16.3. The van der Waals surface area contributed by atoms with E-state index in [9.17, 15) is 9.90 Å². The topological polar surface area (TPSA) is 60.7 Å². The van der Waals surface area contributed by atoms with Crippen LogP contribution in [0.3, 0.4) is 0 Å². The number of nitrogens with zero attached hydrogens (tertiary/aromatic N) is 3.